The molecule has 0 spiro atoms. The number of rotatable bonds is 20. The molecule has 0 N–H and O–H groups in total. The third kappa shape index (κ3) is 11.7. The van der Waals surface area contributed by atoms with Gasteiger partial charge in [-0.2, -0.15) is 0 Å². The molecule has 0 atom stereocenters. The molecule has 1 heterocycles. The van der Waals surface area contributed by atoms with Gasteiger partial charge in [0, 0.05) is 24.4 Å². The van der Waals surface area contributed by atoms with Crippen molar-refractivity contribution in [3.63, 3.8) is 0 Å². The van der Waals surface area contributed by atoms with E-state index >= 15 is 0 Å². The fourth-order valence-corrected chi connectivity index (χ4v) is 6.81. The fraction of sp³-hybridized carbons (Fsp3) is 0.730. The first kappa shape index (κ1) is 31.8. The van der Waals surface area contributed by atoms with Crippen LogP contribution in [0.2, 0.25) is 0 Å². The Balaban J connectivity index is 1.46. The molecule has 1 aliphatic carbocycles. The maximum atomic E-state index is 4.71. The molecule has 0 bridgehead atoms. The number of benzene rings is 1. The van der Waals surface area contributed by atoms with E-state index < -0.39 is 0 Å². The SMILES string of the molecule is CCCCCCCCCc1ncc(-c2ccc(CCC3(CCCCCCCCC)CCCCC3)c(C)c2)cn1. The minimum atomic E-state index is 0.603. The smallest absolute Gasteiger partial charge is 0.128 e. The van der Waals surface area contributed by atoms with Crippen molar-refractivity contribution in [1.29, 1.82) is 0 Å². The quantitative estimate of drug-likeness (QED) is 0.158. The zero-order valence-electron chi connectivity index (χ0n) is 26.0. The Kier molecular flexibility index (Phi) is 15.2. The van der Waals surface area contributed by atoms with Crippen LogP contribution in [0.3, 0.4) is 0 Å². The monoisotopic (exact) mass is 532 g/mol. The molecule has 0 unspecified atom stereocenters. The third-order valence-corrected chi connectivity index (χ3v) is 9.53. The van der Waals surface area contributed by atoms with E-state index in [9.17, 15) is 0 Å². The molecule has 218 valence electrons. The average Bonchev–Trinajstić information content (AvgIpc) is 2.96. The molecular weight excluding hydrogens is 472 g/mol. The molecule has 3 rings (SSSR count). The van der Waals surface area contributed by atoms with Crippen molar-refractivity contribution in [3.05, 3.63) is 47.5 Å². The van der Waals surface area contributed by atoms with Crippen molar-refractivity contribution in [1.82, 2.24) is 9.97 Å². The largest absolute Gasteiger partial charge is 0.241 e. The zero-order chi connectivity index (χ0) is 27.6. The summed E-state index contributed by atoms with van der Waals surface area (Å²) >= 11 is 0. The van der Waals surface area contributed by atoms with Gasteiger partial charge in [0.05, 0.1) is 0 Å². The molecule has 0 amide bonds. The van der Waals surface area contributed by atoms with Gasteiger partial charge in [0.15, 0.2) is 0 Å². The molecule has 0 saturated heterocycles. The second kappa shape index (κ2) is 18.6. The maximum Gasteiger partial charge on any atom is 0.128 e. The van der Waals surface area contributed by atoms with Gasteiger partial charge in [-0.1, -0.05) is 135 Å². The number of unbranched alkanes of at least 4 members (excludes halogenated alkanes) is 12. The standard InChI is InChI=1S/C37H60N2/c1-4-6-8-10-12-14-17-21-36-38-30-35(31-39-36)34-23-22-33(32(3)29-34)24-28-37(26-19-16-20-27-37)25-18-15-13-11-9-7-5-2/h22-23,29-31H,4-21,24-28H2,1-3H3. The van der Waals surface area contributed by atoms with Crippen LogP contribution in [0.25, 0.3) is 11.1 Å². The third-order valence-electron chi connectivity index (χ3n) is 9.53. The highest BCUT2D eigenvalue weighted by atomic mass is 14.9. The molecule has 1 saturated carbocycles. The first-order valence-electron chi connectivity index (χ1n) is 17.1. The van der Waals surface area contributed by atoms with Gasteiger partial charge in [-0.05, 0) is 67.6 Å². The van der Waals surface area contributed by atoms with Crippen LogP contribution < -0.4 is 0 Å². The molecule has 1 aliphatic rings. The first-order valence-corrected chi connectivity index (χ1v) is 17.1. The lowest BCUT2D eigenvalue weighted by molar-refractivity contribution is 0.152. The van der Waals surface area contributed by atoms with Gasteiger partial charge in [-0.25, -0.2) is 9.97 Å². The van der Waals surface area contributed by atoms with Gasteiger partial charge in [0.25, 0.3) is 0 Å². The first-order chi connectivity index (χ1) is 19.2. The van der Waals surface area contributed by atoms with Crippen LogP contribution in [0.15, 0.2) is 30.6 Å². The molecule has 1 fully saturated rings. The zero-order valence-corrected chi connectivity index (χ0v) is 26.0. The van der Waals surface area contributed by atoms with E-state index in [0.29, 0.717) is 5.41 Å². The average molecular weight is 533 g/mol. The van der Waals surface area contributed by atoms with Gasteiger partial charge in [0.1, 0.15) is 5.82 Å². The Labute approximate surface area is 242 Å². The van der Waals surface area contributed by atoms with Crippen LogP contribution >= 0.6 is 0 Å². The molecule has 0 aliphatic heterocycles. The van der Waals surface area contributed by atoms with Gasteiger partial charge < -0.3 is 0 Å². The summed E-state index contributed by atoms with van der Waals surface area (Å²) in [6.45, 7) is 6.90. The summed E-state index contributed by atoms with van der Waals surface area (Å²) in [6, 6.07) is 7.07. The molecule has 2 aromatic rings. The van der Waals surface area contributed by atoms with E-state index in [-0.39, 0.29) is 0 Å². The lowest BCUT2D eigenvalue weighted by Crippen LogP contribution is -2.25. The molecular formula is C37H60N2. The summed E-state index contributed by atoms with van der Waals surface area (Å²) in [6.07, 6.45) is 35.7. The predicted molar refractivity (Wildman–Crippen MR) is 170 cm³/mol. The van der Waals surface area contributed by atoms with Crippen LogP contribution in [0.4, 0.5) is 0 Å². The van der Waals surface area contributed by atoms with Gasteiger partial charge in [0.2, 0.25) is 0 Å². The Morgan fingerprint density at radius 2 is 1.21 bits per heavy atom. The normalized spacial score (nSPS) is 15.1. The number of aryl methyl sites for hydroxylation is 3. The van der Waals surface area contributed by atoms with E-state index in [1.54, 1.807) is 5.56 Å². The molecule has 39 heavy (non-hydrogen) atoms. The minimum Gasteiger partial charge on any atom is -0.241 e. The van der Waals surface area contributed by atoms with Crippen LogP contribution in [0, 0.1) is 12.3 Å². The van der Waals surface area contributed by atoms with Crippen molar-refractivity contribution in [2.24, 2.45) is 5.41 Å². The second-order valence-corrected chi connectivity index (χ2v) is 12.8. The molecule has 2 heteroatoms. The highest BCUT2D eigenvalue weighted by Gasteiger charge is 2.31. The van der Waals surface area contributed by atoms with Crippen molar-refractivity contribution < 1.29 is 0 Å². The van der Waals surface area contributed by atoms with E-state index in [2.05, 4.69) is 39.0 Å². The van der Waals surface area contributed by atoms with E-state index in [4.69, 9.17) is 9.97 Å². The predicted octanol–water partition coefficient (Wildman–Crippen LogP) is 11.8. The van der Waals surface area contributed by atoms with E-state index in [0.717, 1.165) is 17.8 Å². The van der Waals surface area contributed by atoms with Gasteiger partial charge in [-0.15, -0.1) is 0 Å². The molecule has 1 aromatic carbocycles. The molecule has 1 aromatic heterocycles. The number of aromatic nitrogens is 2. The van der Waals surface area contributed by atoms with Crippen molar-refractivity contribution in [2.75, 3.05) is 0 Å². The fourth-order valence-electron chi connectivity index (χ4n) is 6.81. The lowest BCUT2D eigenvalue weighted by Gasteiger charge is -2.38. The highest BCUT2D eigenvalue weighted by Crippen LogP contribution is 2.44. The summed E-state index contributed by atoms with van der Waals surface area (Å²) in [7, 11) is 0. The molecule has 2 nitrogen and oxygen atoms in total. The number of nitrogens with zero attached hydrogens (tertiary/aromatic N) is 2. The van der Waals surface area contributed by atoms with Crippen LogP contribution in [-0.4, -0.2) is 9.97 Å². The topological polar surface area (TPSA) is 25.8 Å². The Hall–Kier alpha value is -1.70. The van der Waals surface area contributed by atoms with Crippen LogP contribution in [-0.2, 0) is 12.8 Å². The number of hydrogen-bond donors (Lipinski definition) is 0. The summed E-state index contributed by atoms with van der Waals surface area (Å²) in [5, 5.41) is 0. The summed E-state index contributed by atoms with van der Waals surface area (Å²) in [5.41, 5.74) is 5.98. The maximum absolute atomic E-state index is 4.71. The van der Waals surface area contributed by atoms with E-state index in [1.807, 2.05) is 12.4 Å². The Morgan fingerprint density at radius 1 is 0.615 bits per heavy atom. The van der Waals surface area contributed by atoms with Crippen LogP contribution in [0.5, 0.6) is 0 Å². The summed E-state index contributed by atoms with van der Waals surface area (Å²) < 4.78 is 0. The summed E-state index contributed by atoms with van der Waals surface area (Å²) in [5.74, 6) is 0.999. The second-order valence-electron chi connectivity index (χ2n) is 12.8. The summed E-state index contributed by atoms with van der Waals surface area (Å²) in [4.78, 5) is 9.41. The van der Waals surface area contributed by atoms with E-state index in [1.165, 1.54) is 152 Å². The Bertz CT molecular complexity index is 894. The van der Waals surface area contributed by atoms with Crippen LogP contribution in [0.1, 0.15) is 166 Å². The lowest BCUT2D eigenvalue weighted by atomic mass is 9.67. The molecule has 0 radical (unpaired) electrons. The van der Waals surface area contributed by atoms with Crippen molar-refractivity contribution in [3.8, 4) is 11.1 Å². The highest BCUT2D eigenvalue weighted by molar-refractivity contribution is 5.63. The minimum absolute atomic E-state index is 0.603. The number of hydrogen-bond acceptors (Lipinski definition) is 2. The Morgan fingerprint density at radius 3 is 1.82 bits per heavy atom. The van der Waals surface area contributed by atoms with Crippen molar-refractivity contribution in [2.45, 2.75) is 168 Å². The van der Waals surface area contributed by atoms with Gasteiger partial charge >= 0.3 is 0 Å². The van der Waals surface area contributed by atoms with Crippen molar-refractivity contribution >= 4 is 0 Å². The van der Waals surface area contributed by atoms with Gasteiger partial charge in [-0.3, -0.25) is 0 Å².